The van der Waals surface area contributed by atoms with E-state index in [0.717, 1.165) is 18.9 Å². The lowest BCUT2D eigenvalue weighted by Crippen LogP contribution is -2.49. The van der Waals surface area contributed by atoms with Gasteiger partial charge in [0.25, 0.3) is 12.4 Å². The summed E-state index contributed by atoms with van der Waals surface area (Å²) >= 11 is 0. The molecule has 0 atom stereocenters. The van der Waals surface area contributed by atoms with Crippen LogP contribution in [-0.2, 0) is 14.3 Å². The van der Waals surface area contributed by atoms with Crippen LogP contribution < -0.4 is 27.7 Å². The molecule has 40 heavy (non-hydrogen) atoms. The molecule has 0 saturated carbocycles. The molecular formula is C23H32N12O5. The minimum Gasteiger partial charge on any atom is -0.468 e. The summed E-state index contributed by atoms with van der Waals surface area (Å²) in [4.78, 5) is 51.5. The van der Waals surface area contributed by atoms with Gasteiger partial charge in [0.05, 0.1) is 18.7 Å². The molecule has 1 aromatic heterocycles. The van der Waals surface area contributed by atoms with E-state index in [1.54, 1.807) is 4.90 Å². The molecule has 0 aliphatic carbocycles. The van der Waals surface area contributed by atoms with Gasteiger partial charge in [0, 0.05) is 48.8 Å². The number of fused-ring (bicyclic) bond motifs is 1. The molecular weight excluding hydrogens is 524 g/mol. The molecule has 1 saturated heterocycles. The zero-order valence-electron chi connectivity index (χ0n) is 21.9. The fraction of sp³-hybridized carbons (Fsp3) is 0.391. The highest BCUT2D eigenvalue weighted by molar-refractivity contribution is 6.14. The first-order valence-corrected chi connectivity index (χ1v) is 12.2. The van der Waals surface area contributed by atoms with Crippen molar-refractivity contribution >= 4 is 40.9 Å². The first kappa shape index (κ1) is 31.2. The first-order valence-electron chi connectivity index (χ1n) is 12.2. The number of unbranched alkanes of at least 4 members (excludes halogenated alkanes) is 1. The molecule has 3 rings (SSSR count). The highest BCUT2D eigenvalue weighted by Gasteiger charge is 2.20. The van der Waals surface area contributed by atoms with Crippen molar-refractivity contribution in [1.82, 2.24) is 20.5 Å². The van der Waals surface area contributed by atoms with Gasteiger partial charge in [0.2, 0.25) is 17.6 Å². The van der Waals surface area contributed by atoms with E-state index in [1.807, 2.05) is 6.92 Å². The number of aromatic amines is 1. The smallest absolute Gasteiger partial charge is 0.293 e. The number of nitrogens with two attached hydrogens (primary N) is 2. The van der Waals surface area contributed by atoms with Gasteiger partial charge in [-0.25, -0.2) is 11.1 Å². The number of hydrazone groups is 2. The Balaban J connectivity index is 0.000000708. The molecule has 2 aromatic rings. The number of nitrogens with zero attached hydrogens (tertiary/aromatic N) is 5. The standard InChI is InChI=1S/C18H22N12O3.C5H10O2/c19-26-16(27-20)9-5-11-12(6-10(9)17(28-21)29-22)25-13(7-14(11)31)18(33)24-8-15(32)30-3-1-23-2-4-30;1-2-3-4-7-5-6/h5-7,19,21,23H,1-4,8,20,22H2,(H,24,33)(H,25,31);5H,2-4H2,1H3. The van der Waals surface area contributed by atoms with Gasteiger partial charge in [-0.1, -0.05) is 13.3 Å². The monoisotopic (exact) mass is 556 g/mol. The lowest BCUT2D eigenvalue weighted by molar-refractivity contribution is -0.130. The average molecular weight is 557 g/mol. The van der Waals surface area contributed by atoms with Gasteiger partial charge < -0.3 is 36.9 Å². The maximum Gasteiger partial charge on any atom is 0.293 e. The third-order valence-electron chi connectivity index (χ3n) is 5.70. The van der Waals surface area contributed by atoms with Gasteiger partial charge in [-0.3, -0.25) is 19.2 Å². The minimum atomic E-state index is -0.647. The van der Waals surface area contributed by atoms with Crippen molar-refractivity contribution < 1.29 is 19.1 Å². The number of carbonyl (C=O) groups excluding carboxylic acids is 3. The van der Waals surface area contributed by atoms with E-state index in [9.17, 15) is 19.2 Å². The zero-order valence-corrected chi connectivity index (χ0v) is 21.9. The topological polar surface area (TPSA) is 270 Å². The van der Waals surface area contributed by atoms with Crippen molar-refractivity contribution in [2.45, 2.75) is 19.8 Å². The lowest BCUT2D eigenvalue weighted by Gasteiger charge is -2.27. The Labute approximate surface area is 228 Å². The summed E-state index contributed by atoms with van der Waals surface area (Å²) in [5.41, 5.74) is 14.3. The number of rotatable bonds is 9. The molecule has 17 heteroatoms. The number of aromatic nitrogens is 1. The van der Waals surface area contributed by atoms with Gasteiger partial charge in [0.1, 0.15) is 5.69 Å². The number of amides is 2. The number of ether oxygens (including phenoxy) is 1. The average Bonchev–Trinajstić information content (AvgIpc) is 2.98. The number of amidine groups is 2. The normalized spacial score (nSPS) is 13.6. The van der Waals surface area contributed by atoms with E-state index in [4.69, 9.17) is 22.7 Å². The van der Waals surface area contributed by atoms with Gasteiger partial charge in [0.15, 0.2) is 5.43 Å². The number of piperazine rings is 1. The fourth-order valence-electron chi connectivity index (χ4n) is 3.66. The number of H-pyrrole nitrogens is 1. The van der Waals surface area contributed by atoms with Crippen LogP contribution in [0.2, 0.25) is 0 Å². The predicted molar refractivity (Wildman–Crippen MR) is 145 cm³/mol. The molecule has 214 valence electrons. The van der Waals surface area contributed by atoms with Crippen LogP contribution in [0.15, 0.2) is 43.4 Å². The second-order valence-corrected chi connectivity index (χ2v) is 8.25. The quantitative estimate of drug-likeness (QED) is 0.0417. The summed E-state index contributed by atoms with van der Waals surface area (Å²) in [6.45, 7) is 5.36. The SMILES string of the molecule is CCCCOC=O.N=NC(=NN)c1cc2[nH]c(C(=O)NCC(=O)N3CCNCC3)cc(=O)c2cc1C(N=N)=NN. The summed E-state index contributed by atoms with van der Waals surface area (Å²) in [5.74, 6) is 9.21. The van der Waals surface area contributed by atoms with E-state index in [0.29, 0.717) is 39.3 Å². The Morgan fingerprint density at radius 2 is 1.73 bits per heavy atom. The first-order chi connectivity index (χ1) is 19.3. The Morgan fingerprint density at radius 3 is 2.27 bits per heavy atom. The Bertz CT molecular complexity index is 1350. The third-order valence-corrected chi connectivity index (χ3v) is 5.70. The van der Waals surface area contributed by atoms with Crippen LogP contribution in [-0.4, -0.2) is 79.2 Å². The number of hydrogen-bond acceptors (Lipinski definition) is 12. The lowest BCUT2D eigenvalue weighted by atomic mass is 10.0. The van der Waals surface area contributed by atoms with E-state index in [1.165, 1.54) is 12.1 Å². The van der Waals surface area contributed by atoms with Crippen LogP contribution in [0, 0.1) is 11.1 Å². The molecule has 2 heterocycles. The largest absolute Gasteiger partial charge is 0.468 e. The third kappa shape index (κ3) is 8.22. The molecule has 0 spiro atoms. The summed E-state index contributed by atoms with van der Waals surface area (Å²) in [5, 5.41) is 19.0. The molecule has 17 nitrogen and oxygen atoms in total. The number of benzene rings is 1. The molecule has 1 fully saturated rings. The van der Waals surface area contributed by atoms with Crippen LogP contribution in [0.25, 0.3) is 10.9 Å². The van der Waals surface area contributed by atoms with Crippen LogP contribution >= 0.6 is 0 Å². The highest BCUT2D eigenvalue weighted by atomic mass is 16.5. The predicted octanol–water partition coefficient (Wildman–Crippen LogP) is -0.0483. The maximum absolute atomic E-state index is 12.7. The number of pyridine rings is 1. The summed E-state index contributed by atoms with van der Waals surface area (Å²) in [7, 11) is 0. The molecule has 0 unspecified atom stereocenters. The molecule has 0 bridgehead atoms. The van der Waals surface area contributed by atoms with E-state index < -0.39 is 11.3 Å². The Morgan fingerprint density at radius 1 is 1.10 bits per heavy atom. The van der Waals surface area contributed by atoms with Crippen molar-refractivity contribution in [3.63, 3.8) is 0 Å². The van der Waals surface area contributed by atoms with Crippen LogP contribution in [0.5, 0.6) is 0 Å². The van der Waals surface area contributed by atoms with Crippen molar-refractivity contribution in [3.05, 3.63) is 45.2 Å². The van der Waals surface area contributed by atoms with E-state index >= 15 is 0 Å². The molecule has 0 radical (unpaired) electrons. The zero-order chi connectivity index (χ0) is 29.5. The Hall–Kier alpha value is -5.06. The van der Waals surface area contributed by atoms with Crippen LogP contribution in [0.3, 0.4) is 0 Å². The fourth-order valence-corrected chi connectivity index (χ4v) is 3.66. The van der Waals surface area contributed by atoms with Crippen LogP contribution in [0.1, 0.15) is 41.4 Å². The minimum absolute atomic E-state index is 0.0775. The van der Waals surface area contributed by atoms with Gasteiger partial charge in [-0.2, -0.15) is 10.2 Å². The molecule has 1 aromatic carbocycles. The van der Waals surface area contributed by atoms with Crippen molar-refractivity contribution in [1.29, 1.82) is 11.1 Å². The molecule has 9 N–H and O–H groups in total. The molecule has 2 amide bonds. The number of carbonyl (C=O) groups is 3. The maximum atomic E-state index is 12.7. The van der Waals surface area contributed by atoms with Crippen molar-refractivity contribution in [2.75, 3.05) is 39.3 Å². The molecule has 1 aliphatic heterocycles. The van der Waals surface area contributed by atoms with Gasteiger partial charge in [-0.05, 0) is 18.6 Å². The summed E-state index contributed by atoms with van der Waals surface area (Å²) < 4.78 is 4.39. The highest BCUT2D eigenvalue weighted by Crippen LogP contribution is 2.20. The van der Waals surface area contributed by atoms with Gasteiger partial charge >= 0.3 is 0 Å². The van der Waals surface area contributed by atoms with E-state index in [-0.39, 0.29) is 51.8 Å². The summed E-state index contributed by atoms with van der Waals surface area (Å²) in [6.07, 6.45) is 2.05. The second kappa shape index (κ2) is 16.0. The Kier molecular flexibility index (Phi) is 12.5. The second-order valence-electron chi connectivity index (χ2n) is 8.25. The van der Waals surface area contributed by atoms with E-state index in [2.05, 4.69) is 40.8 Å². The summed E-state index contributed by atoms with van der Waals surface area (Å²) in [6, 6.07) is 3.79. The van der Waals surface area contributed by atoms with Gasteiger partial charge in [-0.15, -0.1) is 10.2 Å². The van der Waals surface area contributed by atoms with Crippen molar-refractivity contribution in [3.8, 4) is 0 Å². The number of hydrogen-bond donors (Lipinski definition) is 7. The number of nitrogens with one attached hydrogen (secondary N) is 5. The van der Waals surface area contributed by atoms with Crippen molar-refractivity contribution in [2.24, 2.45) is 32.1 Å². The van der Waals surface area contributed by atoms with Crippen LogP contribution in [0.4, 0.5) is 0 Å². The molecule has 1 aliphatic rings.